The quantitative estimate of drug-likeness (QED) is 0.769. The lowest BCUT2D eigenvalue weighted by Crippen LogP contribution is -2.35. The van der Waals surface area contributed by atoms with Gasteiger partial charge in [-0.3, -0.25) is 4.90 Å². The van der Waals surface area contributed by atoms with Crippen molar-refractivity contribution in [2.24, 2.45) is 5.73 Å². The Labute approximate surface area is 102 Å². The van der Waals surface area contributed by atoms with Crippen LogP contribution in [0.4, 0.5) is 0 Å². The van der Waals surface area contributed by atoms with E-state index in [0.717, 1.165) is 19.6 Å². The number of ether oxygens (including phenoxy) is 2. The number of rotatable bonds is 5. The van der Waals surface area contributed by atoms with Crippen molar-refractivity contribution >= 4 is 0 Å². The van der Waals surface area contributed by atoms with Gasteiger partial charge in [0.25, 0.3) is 0 Å². The normalized spacial score (nSPS) is 25.3. The zero-order chi connectivity index (χ0) is 12.1. The maximum Gasteiger partial charge on any atom is 0.146 e. The molecular formula is C13H20N2O2. The summed E-state index contributed by atoms with van der Waals surface area (Å²) in [7, 11) is 1.63. The maximum absolute atomic E-state index is 6.04. The molecular weight excluding hydrogens is 216 g/mol. The molecule has 0 radical (unpaired) electrons. The number of likely N-dealkylation sites (tertiary alicyclic amines) is 1. The summed E-state index contributed by atoms with van der Waals surface area (Å²) in [6.45, 7) is 3.00. The highest BCUT2D eigenvalue weighted by atomic mass is 16.7. The third-order valence-corrected chi connectivity index (χ3v) is 3.03. The highest BCUT2D eigenvalue weighted by Crippen LogP contribution is 2.15. The van der Waals surface area contributed by atoms with Crippen LogP contribution < -0.4 is 5.73 Å². The molecule has 1 aromatic rings. The van der Waals surface area contributed by atoms with E-state index in [-0.39, 0.29) is 12.1 Å². The highest BCUT2D eigenvalue weighted by molar-refractivity contribution is 5.14. The summed E-state index contributed by atoms with van der Waals surface area (Å²) in [5, 5.41) is 0. The number of hydrogen-bond acceptors (Lipinski definition) is 4. The molecule has 1 aliphatic heterocycles. The molecule has 2 rings (SSSR count). The Balaban J connectivity index is 1.84. The Bertz CT molecular complexity index is 331. The highest BCUT2D eigenvalue weighted by Gasteiger charge is 2.30. The van der Waals surface area contributed by atoms with Crippen LogP contribution >= 0.6 is 0 Å². The molecule has 0 spiro atoms. The molecule has 2 N–H and O–H groups in total. The van der Waals surface area contributed by atoms with Crippen molar-refractivity contribution in [2.75, 3.05) is 27.0 Å². The van der Waals surface area contributed by atoms with E-state index in [0.29, 0.717) is 6.79 Å². The lowest BCUT2D eigenvalue weighted by Gasteiger charge is -2.15. The van der Waals surface area contributed by atoms with Gasteiger partial charge >= 0.3 is 0 Å². The van der Waals surface area contributed by atoms with Crippen molar-refractivity contribution in [3.63, 3.8) is 0 Å². The van der Waals surface area contributed by atoms with E-state index in [1.54, 1.807) is 7.11 Å². The second kappa shape index (κ2) is 6.12. The summed E-state index contributed by atoms with van der Waals surface area (Å²) in [6.07, 6.45) is 0.0821. The standard InChI is InChI=1S/C13H20N2O2/c1-16-10-17-13-9-15(8-12(13)14)7-11-5-3-2-4-6-11/h2-6,12-13H,7-10,14H2,1H3/t12-,13-/m1/s1. The lowest BCUT2D eigenvalue weighted by molar-refractivity contribution is -0.0712. The van der Waals surface area contributed by atoms with E-state index in [1.807, 2.05) is 6.07 Å². The largest absolute Gasteiger partial charge is 0.359 e. The minimum absolute atomic E-state index is 0.0777. The molecule has 0 amide bonds. The molecule has 94 valence electrons. The van der Waals surface area contributed by atoms with Crippen LogP contribution in [-0.4, -0.2) is 44.0 Å². The van der Waals surface area contributed by atoms with E-state index in [2.05, 4.69) is 29.2 Å². The molecule has 0 unspecified atom stereocenters. The van der Waals surface area contributed by atoms with Crippen LogP contribution in [0.2, 0.25) is 0 Å². The van der Waals surface area contributed by atoms with Crippen molar-refractivity contribution in [2.45, 2.75) is 18.7 Å². The third-order valence-electron chi connectivity index (χ3n) is 3.03. The van der Waals surface area contributed by atoms with Gasteiger partial charge in [0.15, 0.2) is 0 Å². The molecule has 4 nitrogen and oxygen atoms in total. The van der Waals surface area contributed by atoms with Crippen LogP contribution in [0.5, 0.6) is 0 Å². The minimum atomic E-state index is 0.0777. The van der Waals surface area contributed by atoms with Crippen LogP contribution in [-0.2, 0) is 16.0 Å². The van der Waals surface area contributed by atoms with E-state index in [4.69, 9.17) is 15.2 Å². The van der Waals surface area contributed by atoms with Gasteiger partial charge in [-0.15, -0.1) is 0 Å². The van der Waals surface area contributed by atoms with Gasteiger partial charge in [0.1, 0.15) is 6.79 Å². The average molecular weight is 236 g/mol. The molecule has 4 heteroatoms. The first-order valence-corrected chi connectivity index (χ1v) is 5.92. The topological polar surface area (TPSA) is 47.7 Å². The van der Waals surface area contributed by atoms with E-state index < -0.39 is 0 Å². The summed E-state index contributed by atoms with van der Waals surface area (Å²) in [5.74, 6) is 0. The van der Waals surface area contributed by atoms with Gasteiger partial charge in [-0.1, -0.05) is 30.3 Å². The number of nitrogens with zero attached hydrogens (tertiary/aromatic N) is 1. The molecule has 0 aliphatic carbocycles. The molecule has 1 fully saturated rings. The predicted octanol–water partition coefficient (Wildman–Crippen LogP) is 0.819. The first kappa shape index (κ1) is 12.5. The first-order chi connectivity index (χ1) is 8.29. The molecule has 0 saturated carbocycles. The van der Waals surface area contributed by atoms with Crippen LogP contribution in [0.25, 0.3) is 0 Å². The molecule has 1 aromatic carbocycles. The zero-order valence-corrected chi connectivity index (χ0v) is 10.2. The van der Waals surface area contributed by atoms with Gasteiger partial charge in [0.2, 0.25) is 0 Å². The summed E-state index contributed by atoms with van der Waals surface area (Å²) in [5.41, 5.74) is 7.35. The van der Waals surface area contributed by atoms with E-state index in [1.165, 1.54) is 5.56 Å². The molecule has 1 heterocycles. The monoisotopic (exact) mass is 236 g/mol. The van der Waals surface area contributed by atoms with Gasteiger partial charge in [-0.25, -0.2) is 0 Å². The fraction of sp³-hybridized carbons (Fsp3) is 0.538. The van der Waals surface area contributed by atoms with Crippen molar-refractivity contribution < 1.29 is 9.47 Å². The lowest BCUT2D eigenvalue weighted by atomic mass is 10.2. The van der Waals surface area contributed by atoms with Gasteiger partial charge in [-0.05, 0) is 5.56 Å². The smallest absolute Gasteiger partial charge is 0.146 e. The average Bonchev–Trinajstić information content (AvgIpc) is 2.68. The van der Waals surface area contributed by atoms with Gasteiger partial charge < -0.3 is 15.2 Å². The Hall–Kier alpha value is -0.940. The third kappa shape index (κ3) is 3.51. The van der Waals surface area contributed by atoms with E-state index in [9.17, 15) is 0 Å². The van der Waals surface area contributed by atoms with Crippen molar-refractivity contribution in [3.05, 3.63) is 35.9 Å². The fourth-order valence-electron chi connectivity index (χ4n) is 2.18. The maximum atomic E-state index is 6.04. The number of nitrogens with two attached hydrogens (primary N) is 1. The Morgan fingerprint density at radius 3 is 2.76 bits per heavy atom. The number of benzene rings is 1. The van der Waals surface area contributed by atoms with Gasteiger partial charge in [0, 0.05) is 32.8 Å². The molecule has 2 atom stereocenters. The van der Waals surface area contributed by atoms with E-state index >= 15 is 0 Å². The first-order valence-electron chi connectivity index (χ1n) is 5.92. The summed E-state index contributed by atoms with van der Waals surface area (Å²) in [6, 6.07) is 10.5. The summed E-state index contributed by atoms with van der Waals surface area (Å²) in [4.78, 5) is 2.32. The molecule has 1 aliphatic rings. The molecule has 0 aromatic heterocycles. The number of methoxy groups -OCH3 is 1. The van der Waals surface area contributed by atoms with Crippen LogP contribution in [0.3, 0.4) is 0 Å². The second-order valence-electron chi connectivity index (χ2n) is 4.46. The summed E-state index contributed by atoms with van der Waals surface area (Å²) >= 11 is 0. The Morgan fingerprint density at radius 1 is 1.29 bits per heavy atom. The van der Waals surface area contributed by atoms with Crippen molar-refractivity contribution in [1.82, 2.24) is 4.90 Å². The van der Waals surface area contributed by atoms with Crippen molar-refractivity contribution in [1.29, 1.82) is 0 Å². The minimum Gasteiger partial charge on any atom is -0.359 e. The summed E-state index contributed by atoms with van der Waals surface area (Å²) < 4.78 is 10.5. The number of hydrogen-bond donors (Lipinski definition) is 1. The SMILES string of the molecule is COCO[C@@H]1CN(Cc2ccccc2)C[C@H]1N. The molecule has 1 saturated heterocycles. The van der Waals surface area contributed by atoms with Gasteiger partial charge in [-0.2, -0.15) is 0 Å². The molecule has 17 heavy (non-hydrogen) atoms. The zero-order valence-electron chi connectivity index (χ0n) is 10.2. The van der Waals surface area contributed by atoms with Gasteiger partial charge in [0.05, 0.1) is 6.10 Å². The van der Waals surface area contributed by atoms with Crippen molar-refractivity contribution in [3.8, 4) is 0 Å². The van der Waals surface area contributed by atoms with Crippen LogP contribution in [0, 0.1) is 0 Å². The van der Waals surface area contributed by atoms with Crippen LogP contribution in [0.1, 0.15) is 5.56 Å². The predicted molar refractivity (Wildman–Crippen MR) is 66.4 cm³/mol. The molecule has 0 bridgehead atoms. The Kier molecular flexibility index (Phi) is 4.50. The fourth-order valence-corrected chi connectivity index (χ4v) is 2.18. The second-order valence-corrected chi connectivity index (χ2v) is 4.46. The Morgan fingerprint density at radius 2 is 2.06 bits per heavy atom. The van der Waals surface area contributed by atoms with Crippen LogP contribution in [0.15, 0.2) is 30.3 Å².